The summed E-state index contributed by atoms with van der Waals surface area (Å²) in [4.78, 5) is 7.04. The van der Waals surface area contributed by atoms with Crippen LogP contribution in [-0.4, -0.2) is 60.6 Å². The second-order valence-electron chi connectivity index (χ2n) is 7.92. The SMILES string of the molecule is CCNC(=NCC(O)c1ccc(OC(F)(F)F)cc1)NC1CCN(C2CCCC2)C1.I. The van der Waals surface area contributed by atoms with E-state index >= 15 is 0 Å². The zero-order chi connectivity index (χ0) is 21.6. The molecule has 1 aliphatic heterocycles. The van der Waals surface area contributed by atoms with Crippen molar-refractivity contribution < 1.29 is 23.0 Å². The van der Waals surface area contributed by atoms with E-state index in [0.29, 0.717) is 30.2 Å². The molecule has 1 saturated heterocycles. The second kappa shape index (κ2) is 12.1. The number of nitrogens with one attached hydrogen (secondary N) is 2. The van der Waals surface area contributed by atoms with Crippen LogP contribution in [0.1, 0.15) is 50.7 Å². The van der Waals surface area contributed by atoms with Crippen molar-refractivity contribution in [3.63, 3.8) is 0 Å². The molecule has 1 aromatic carbocycles. The van der Waals surface area contributed by atoms with E-state index in [9.17, 15) is 18.3 Å². The predicted octanol–water partition coefficient (Wildman–Crippen LogP) is 3.81. The summed E-state index contributed by atoms with van der Waals surface area (Å²) in [5.41, 5.74) is 0.484. The van der Waals surface area contributed by atoms with Crippen LogP contribution in [0.25, 0.3) is 0 Å². The van der Waals surface area contributed by atoms with Gasteiger partial charge in [0.25, 0.3) is 0 Å². The number of halogens is 4. The lowest BCUT2D eigenvalue weighted by Crippen LogP contribution is -2.45. The van der Waals surface area contributed by atoms with E-state index in [-0.39, 0.29) is 36.3 Å². The van der Waals surface area contributed by atoms with Gasteiger partial charge in [0, 0.05) is 31.7 Å². The Labute approximate surface area is 198 Å². The Morgan fingerprint density at radius 3 is 2.52 bits per heavy atom. The van der Waals surface area contributed by atoms with E-state index in [2.05, 4.69) is 25.3 Å². The molecular formula is C21H32F3IN4O2. The number of aliphatic imine (C=N–C) groups is 1. The molecule has 3 rings (SSSR count). The summed E-state index contributed by atoms with van der Waals surface area (Å²) in [7, 11) is 0. The molecule has 10 heteroatoms. The van der Waals surface area contributed by atoms with Crippen LogP contribution >= 0.6 is 24.0 Å². The predicted molar refractivity (Wildman–Crippen MR) is 125 cm³/mol. The van der Waals surface area contributed by atoms with Crippen molar-refractivity contribution in [1.29, 1.82) is 0 Å². The van der Waals surface area contributed by atoms with E-state index in [4.69, 9.17) is 0 Å². The Bertz CT molecular complexity index is 697. The summed E-state index contributed by atoms with van der Waals surface area (Å²) < 4.78 is 40.6. The lowest BCUT2D eigenvalue weighted by atomic mass is 10.1. The van der Waals surface area contributed by atoms with Crippen molar-refractivity contribution >= 4 is 29.9 Å². The molecule has 0 amide bonds. The van der Waals surface area contributed by atoms with Gasteiger partial charge in [0.05, 0.1) is 12.6 Å². The molecule has 1 aromatic rings. The molecule has 0 aromatic heterocycles. The first-order chi connectivity index (χ1) is 14.3. The number of aliphatic hydroxyl groups is 1. The number of likely N-dealkylation sites (tertiary alicyclic amines) is 1. The minimum atomic E-state index is -4.73. The van der Waals surface area contributed by atoms with Gasteiger partial charge in [0.2, 0.25) is 0 Å². The van der Waals surface area contributed by atoms with Crippen molar-refractivity contribution in [3.05, 3.63) is 29.8 Å². The zero-order valence-corrected chi connectivity index (χ0v) is 20.0. The molecule has 6 nitrogen and oxygen atoms in total. The maximum Gasteiger partial charge on any atom is 0.573 e. The first-order valence-corrected chi connectivity index (χ1v) is 10.7. The summed E-state index contributed by atoms with van der Waals surface area (Å²) in [6.07, 6.45) is 0.641. The minimum Gasteiger partial charge on any atom is -0.406 e. The highest BCUT2D eigenvalue weighted by molar-refractivity contribution is 14.0. The first-order valence-electron chi connectivity index (χ1n) is 10.7. The average molecular weight is 556 g/mol. The standard InChI is InChI=1S/C21H31F3N4O2.HI/c1-2-25-20(27-16-11-12-28(14-16)17-5-3-4-6-17)26-13-19(29)15-7-9-18(10-8-15)30-21(22,23)24;/h7-10,16-17,19,29H,2-6,11-14H2,1H3,(H2,25,26,27);1H. The molecule has 1 aliphatic carbocycles. The summed E-state index contributed by atoms with van der Waals surface area (Å²) in [5.74, 6) is 0.330. The minimum absolute atomic E-state index is 0. The molecule has 2 fully saturated rings. The first kappa shape index (κ1) is 26.0. The Balaban J connectivity index is 0.00000341. The number of ether oxygens (including phenoxy) is 1. The molecule has 3 N–H and O–H groups in total. The topological polar surface area (TPSA) is 69.1 Å². The maximum absolute atomic E-state index is 12.3. The van der Waals surface area contributed by atoms with Crippen molar-refractivity contribution in [1.82, 2.24) is 15.5 Å². The second-order valence-corrected chi connectivity index (χ2v) is 7.92. The number of guanidine groups is 1. The van der Waals surface area contributed by atoms with Crippen LogP contribution in [0, 0.1) is 0 Å². The molecule has 0 bridgehead atoms. The van der Waals surface area contributed by atoms with Gasteiger partial charge in [-0.1, -0.05) is 25.0 Å². The molecular weight excluding hydrogens is 524 g/mol. The quantitative estimate of drug-likeness (QED) is 0.271. The summed E-state index contributed by atoms with van der Waals surface area (Å²) in [6.45, 7) is 4.87. The van der Waals surface area contributed by atoms with E-state index in [1.54, 1.807) is 0 Å². The van der Waals surface area contributed by atoms with Gasteiger partial charge in [-0.3, -0.25) is 9.89 Å². The van der Waals surface area contributed by atoms with Crippen LogP contribution in [0.5, 0.6) is 5.75 Å². The Hall–Kier alpha value is -1.27. The van der Waals surface area contributed by atoms with Gasteiger partial charge >= 0.3 is 6.36 Å². The number of hydrogen-bond acceptors (Lipinski definition) is 4. The molecule has 2 aliphatic rings. The number of alkyl halides is 3. The van der Waals surface area contributed by atoms with Crippen molar-refractivity contribution in [2.45, 2.75) is 63.6 Å². The highest BCUT2D eigenvalue weighted by Gasteiger charge is 2.31. The summed E-state index contributed by atoms with van der Waals surface area (Å²) in [6, 6.07) is 6.24. The smallest absolute Gasteiger partial charge is 0.406 e. The molecule has 31 heavy (non-hydrogen) atoms. The Morgan fingerprint density at radius 2 is 1.90 bits per heavy atom. The number of nitrogens with zero attached hydrogens (tertiary/aromatic N) is 2. The monoisotopic (exact) mass is 556 g/mol. The van der Waals surface area contributed by atoms with Crippen molar-refractivity contribution in [2.75, 3.05) is 26.2 Å². The molecule has 0 radical (unpaired) electrons. The number of rotatable bonds is 7. The van der Waals surface area contributed by atoms with Gasteiger partial charge < -0.3 is 20.5 Å². The van der Waals surface area contributed by atoms with Crippen LogP contribution in [0.3, 0.4) is 0 Å². The lowest BCUT2D eigenvalue weighted by Gasteiger charge is -2.24. The molecule has 0 spiro atoms. The van der Waals surface area contributed by atoms with E-state index in [1.807, 2.05) is 6.92 Å². The van der Waals surface area contributed by atoms with Gasteiger partial charge in [-0.05, 0) is 43.9 Å². The third kappa shape index (κ3) is 8.30. The highest BCUT2D eigenvalue weighted by atomic mass is 127. The fourth-order valence-corrected chi connectivity index (χ4v) is 4.19. The molecule has 2 atom stereocenters. The molecule has 176 valence electrons. The fraction of sp³-hybridized carbons (Fsp3) is 0.667. The van der Waals surface area contributed by atoms with Crippen molar-refractivity contribution in [3.8, 4) is 5.75 Å². The normalized spacial score (nSPS) is 21.6. The van der Waals surface area contributed by atoms with Crippen LogP contribution < -0.4 is 15.4 Å². The number of aliphatic hydroxyl groups excluding tert-OH is 1. The van der Waals surface area contributed by atoms with Crippen molar-refractivity contribution in [2.24, 2.45) is 4.99 Å². The molecule has 1 heterocycles. The zero-order valence-electron chi connectivity index (χ0n) is 17.7. The van der Waals surface area contributed by atoms with Gasteiger partial charge in [-0.2, -0.15) is 0 Å². The number of hydrogen-bond donors (Lipinski definition) is 3. The van der Waals surface area contributed by atoms with Crippen LogP contribution in [0.15, 0.2) is 29.3 Å². The molecule has 1 saturated carbocycles. The third-order valence-corrected chi connectivity index (χ3v) is 5.67. The highest BCUT2D eigenvalue weighted by Crippen LogP contribution is 2.27. The van der Waals surface area contributed by atoms with E-state index in [0.717, 1.165) is 19.5 Å². The number of benzene rings is 1. The third-order valence-electron chi connectivity index (χ3n) is 5.67. The maximum atomic E-state index is 12.3. The van der Waals surface area contributed by atoms with Gasteiger partial charge in [-0.25, -0.2) is 0 Å². The van der Waals surface area contributed by atoms with Gasteiger partial charge in [0.15, 0.2) is 5.96 Å². The Kier molecular flexibility index (Phi) is 10.1. The largest absolute Gasteiger partial charge is 0.573 e. The van der Waals surface area contributed by atoms with Gasteiger partial charge in [-0.15, -0.1) is 37.1 Å². The van der Waals surface area contributed by atoms with E-state index < -0.39 is 12.5 Å². The van der Waals surface area contributed by atoms with Gasteiger partial charge in [0.1, 0.15) is 5.75 Å². The fourth-order valence-electron chi connectivity index (χ4n) is 4.19. The van der Waals surface area contributed by atoms with Crippen LogP contribution in [0.4, 0.5) is 13.2 Å². The average Bonchev–Trinajstić information content (AvgIpc) is 3.37. The van der Waals surface area contributed by atoms with E-state index in [1.165, 1.54) is 49.9 Å². The van der Waals surface area contributed by atoms with Crippen LogP contribution in [-0.2, 0) is 0 Å². The summed E-state index contributed by atoms with van der Waals surface area (Å²) in [5, 5.41) is 17.0. The lowest BCUT2D eigenvalue weighted by molar-refractivity contribution is -0.274. The Morgan fingerprint density at radius 1 is 1.23 bits per heavy atom. The summed E-state index contributed by atoms with van der Waals surface area (Å²) >= 11 is 0. The molecule has 2 unspecified atom stereocenters. The van der Waals surface area contributed by atoms with Crippen LogP contribution in [0.2, 0.25) is 0 Å².